The second kappa shape index (κ2) is 7.07. The third-order valence-electron chi connectivity index (χ3n) is 1.92. The number of nitrogens with zero attached hydrogens (tertiary/aromatic N) is 1. The summed E-state index contributed by atoms with van der Waals surface area (Å²) in [5, 5.41) is 8.72. The van der Waals surface area contributed by atoms with Crippen LogP contribution in [-0.2, 0) is 20.9 Å². The minimum absolute atomic E-state index is 0.136. The quantitative estimate of drug-likeness (QED) is 0.337. The second-order valence-corrected chi connectivity index (χ2v) is 3.16. The van der Waals surface area contributed by atoms with E-state index in [-0.39, 0.29) is 12.2 Å². The monoisotopic (exact) mass is 231 g/mol. The summed E-state index contributed by atoms with van der Waals surface area (Å²) < 4.78 is 9.84. The number of benzene rings is 1. The first-order chi connectivity index (χ1) is 8.27. The van der Waals surface area contributed by atoms with Gasteiger partial charge in [-0.15, -0.1) is 0 Å². The minimum Gasteiger partial charge on any atom is -0.500 e. The van der Waals surface area contributed by atoms with E-state index in [0.717, 1.165) is 11.8 Å². The van der Waals surface area contributed by atoms with Gasteiger partial charge in [-0.1, -0.05) is 30.3 Å². The molecule has 0 aliphatic heterocycles. The van der Waals surface area contributed by atoms with Crippen molar-refractivity contribution in [3.63, 3.8) is 0 Å². The smallest absolute Gasteiger partial charge is 0.352 e. The van der Waals surface area contributed by atoms with Crippen molar-refractivity contribution in [3.05, 3.63) is 47.7 Å². The van der Waals surface area contributed by atoms with Crippen LogP contribution in [0, 0.1) is 11.3 Å². The van der Waals surface area contributed by atoms with Crippen LogP contribution in [0.3, 0.4) is 0 Å². The average Bonchev–Trinajstić information content (AvgIpc) is 2.38. The van der Waals surface area contributed by atoms with E-state index < -0.39 is 5.97 Å². The predicted octanol–water partition coefficient (Wildman–Crippen LogP) is 2.17. The third kappa shape index (κ3) is 4.39. The van der Waals surface area contributed by atoms with Crippen LogP contribution in [-0.4, -0.2) is 12.6 Å². The van der Waals surface area contributed by atoms with Gasteiger partial charge in [0, 0.05) is 0 Å². The van der Waals surface area contributed by atoms with Crippen LogP contribution in [0.25, 0.3) is 0 Å². The molecule has 17 heavy (non-hydrogen) atoms. The van der Waals surface area contributed by atoms with Crippen molar-refractivity contribution in [1.29, 1.82) is 5.26 Å². The zero-order valence-corrected chi connectivity index (χ0v) is 9.55. The molecule has 0 saturated heterocycles. The first-order valence-electron chi connectivity index (χ1n) is 5.20. The molecule has 0 spiro atoms. The predicted molar refractivity (Wildman–Crippen MR) is 61.6 cm³/mol. The van der Waals surface area contributed by atoms with Crippen molar-refractivity contribution >= 4 is 5.97 Å². The Hall–Kier alpha value is -2.28. The highest BCUT2D eigenvalue weighted by molar-refractivity contribution is 5.92. The molecule has 1 rings (SSSR count). The molecule has 0 radical (unpaired) electrons. The summed E-state index contributed by atoms with van der Waals surface area (Å²) in [5.41, 5.74) is 0.734. The summed E-state index contributed by atoms with van der Waals surface area (Å²) in [4.78, 5) is 11.5. The second-order valence-electron chi connectivity index (χ2n) is 3.16. The fourth-order valence-electron chi connectivity index (χ4n) is 1.09. The van der Waals surface area contributed by atoms with E-state index in [4.69, 9.17) is 14.7 Å². The first-order valence-corrected chi connectivity index (χ1v) is 5.20. The van der Waals surface area contributed by atoms with Crippen molar-refractivity contribution in [2.75, 3.05) is 6.61 Å². The standard InChI is InChI=1S/C13H13NO3/c1-2-16-10-12(8-14)13(15)17-9-11-6-4-3-5-7-11/h3-7,10H,2,9H2,1H3/b12-10-. The number of rotatable bonds is 5. The van der Waals surface area contributed by atoms with Crippen LogP contribution < -0.4 is 0 Å². The summed E-state index contributed by atoms with van der Waals surface area (Å²) in [7, 11) is 0. The summed E-state index contributed by atoms with van der Waals surface area (Å²) in [6.45, 7) is 2.31. The number of hydrogen-bond acceptors (Lipinski definition) is 4. The molecule has 4 nitrogen and oxygen atoms in total. The van der Waals surface area contributed by atoms with Crippen LogP contribution in [0.2, 0.25) is 0 Å². The van der Waals surface area contributed by atoms with E-state index in [9.17, 15) is 4.79 Å². The fourth-order valence-corrected chi connectivity index (χ4v) is 1.09. The lowest BCUT2D eigenvalue weighted by Crippen LogP contribution is -2.07. The zero-order chi connectivity index (χ0) is 12.5. The number of carbonyl (C=O) groups excluding carboxylic acids is 1. The van der Waals surface area contributed by atoms with E-state index >= 15 is 0 Å². The zero-order valence-electron chi connectivity index (χ0n) is 9.55. The lowest BCUT2D eigenvalue weighted by atomic mass is 10.2. The van der Waals surface area contributed by atoms with Gasteiger partial charge >= 0.3 is 5.97 Å². The molecular weight excluding hydrogens is 218 g/mol. The number of hydrogen-bond donors (Lipinski definition) is 0. The van der Waals surface area contributed by atoms with Crippen molar-refractivity contribution in [3.8, 4) is 6.07 Å². The van der Waals surface area contributed by atoms with E-state index in [1.165, 1.54) is 0 Å². The topological polar surface area (TPSA) is 59.3 Å². The van der Waals surface area contributed by atoms with Gasteiger partial charge in [-0.3, -0.25) is 0 Å². The van der Waals surface area contributed by atoms with E-state index in [0.29, 0.717) is 6.61 Å². The Morgan fingerprint density at radius 1 is 1.41 bits per heavy atom. The molecule has 0 atom stereocenters. The Balaban J connectivity index is 2.52. The molecule has 0 heterocycles. The molecule has 4 heteroatoms. The highest BCUT2D eigenvalue weighted by Crippen LogP contribution is 2.04. The van der Waals surface area contributed by atoms with E-state index in [1.807, 2.05) is 30.3 Å². The van der Waals surface area contributed by atoms with Crippen LogP contribution >= 0.6 is 0 Å². The summed E-state index contributed by atoms with van der Waals surface area (Å²) in [5.74, 6) is -0.676. The van der Waals surface area contributed by atoms with Crippen molar-refractivity contribution in [2.45, 2.75) is 13.5 Å². The molecule has 0 aliphatic rings. The molecule has 0 N–H and O–H groups in total. The Morgan fingerprint density at radius 2 is 2.12 bits per heavy atom. The SMILES string of the molecule is CCO/C=C(/C#N)C(=O)OCc1ccccc1. The van der Waals surface area contributed by atoms with Gasteiger partial charge in [0.05, 0.1) is 6.61 Å². The number of esters is 1. The molecule has 1 aromatic carbocycles. The molecule has 0 fully saturated rings. The van der Waals surface area contributed by atoms with E-state index in [1.54, 1.807) is 13.0 Å². The molecule has 0 aromatic heterocycles. The largest absolute Gasteiger partial charge is 0.500 e. The van der Waals surface area contributed by atoms with Gasteiger partial charge in [-0.05, 0) is 12.5 Å². The van der Waals surface area contributed by atoms with Gasteiger partial charge in [0.15, 0.2) is 5.57 Å². The highest BCUT2D eigenvalue weighted by atomic mass is 16.5. The van der Waals surface area contributed by atoms with Crippen LogP contribution in [0.1, 0.15) is 12.5 Å². The molecule has 0 amide bonds. The molecule has 0 bridgehead atoms. The van der Waals surface area contributed by atoms with Crippen molar-refractivity contribution in [1.82, 2.24) is 0 Å². The summed E-state index contributed by atoms with van der Waals surface area (Å²) in [6.07, 6.45) is 1.12. The number of nitriles is 1. The summed E-state index contributed by atoms with van der Waals surface area (Å²) >= 11 is 0. The van der Waals surface area contributed by atoms with Gasteiger partial charge < -0.3 is 9.47 Å². The lowest BCUT2D eigenvalue weighted by Gasteiger charge is -2.03. The summed E-state index contributed by atoms with van der Waals surface area (Å²) in [6, 6.07) is 11.0. The Bertz CT molecular complexity index is 432. The number of carbonyl (C=O) groups is 1. The molecule has 1 aromatic rings. The maximum Gasteiger partial charge on any atom is 0.352 e. The van der Waals surface area contributed by atoms with Crippen LogP contribution in [0.4, 0.5) is 0 Å². The number of ether oxygens (including phenoxy) is 2. The van der Waals surface area contributed by atoms with E-state index in [2.05, 4.69) is 0 Å². The van der Waals surface area contributed by atoms with Crippen LogP contribution in [0.15, 0.2) is 42.2 Å². The van der Waals surface area contributed by atoms with Crippen molar-refractivity contribution in [2.24, 2.45) is 0 Å². The van der Waals surface area contributed by atoms with Crippen LogP contribution in [0.5, 0.6) is 0 Å². The third-order valence-corrected chi connectivity index (χ3v) is 1.92. The molecule has 0 aliphatic carbocycles. The Kier molecular flexibility index (Phi) is 5.32. The molecule has 0 saturated carbocycles. The van der Waals surface area contributed by atoms with Gasteiger partial charge in [-0.25, -0.2) is 4.79 Å². The Labute approximate surface area is 100 Å². The van der Waals surface area contributed by atoms with Gasteiger partial charge in [0.1, 0.15) is 18.9 Å². The lowest BCUT2D eigenvalue weighted by molar-refractivity contribution is -0.139. The maximum absolute atomic E-state index is 11.5. The fraction of sp³-hybridized carbons (Fsp3) is 0.231. The molecular formula is C13H13NO3. The maximum atomic E-state index is 11.5. The first kappa shape index (κ1) is 12.8. The van der Waals surface area contributed by atoms with Gasteiger partial charge in [0.25, 0.3) is 0 Å². The molecule has 0 unspecified atom stereocenters. The highest BCUT2D eigenvalue weighted by Gasteiger charge is 2.10. The van der Waals surface area contributed by atoms with Gasteiger partial charge in [0.2, 0.25) is 0 Å². The minimum atomic E-state index is -0.676. The normalized spacial score (nSPS) is 10.5. The van der Waals surface area contributed by atoms with Gasteiger partial charge in [-0.2, -0.15) is 5.26 Å². The average molecular weight is 231 g/mol. The van der Waals surface area contributed by atoms with Crippen molar-refractivity contribution < 1.29 is 14.3 Å². The Morgan fingerprint density at radius 3 is 2.71 bits per heavy atom. The molecule has 88 valence electrons.